The zero-order valence-electron chi connectivity index (χ0n) is 13.7. The highest BCUT2D eigenvalue weighted by atomic mass is 19.4. The fourth-order valence-corrected chi connectivity index (χ4v) is 3.02. The molecule has 3 saturated heterocycles. The Balaban J connectivity index is 1.64. The number of halogens is 3. The standard InChI is InChI=1S/C15H19F3N4O2/c1-14(2,3)24-13(23)22-10-4-11(22)8-21(7-10)12-19-5-9(6-20-12)15(16,17)18/h5-6,10-11H,4,7-8H2,1-3H3. The maximum atomic E-state index is 12.6. The third-order valence-corrected chi connectivity index (χ3v) is 4.05. The maximum absolute atomic E-state index is 12.6. The van der Waals surface area contributed by atoms with Crippen LogP contribution in [0, 0.1) is 0 Å². The van der Waals surface area contributed by atoms with Crippen molar-refractivity contribution in [2.75, 3.05) is 18.0 Å². The maximum Gasteiger partial charge on any atom is 0.419 e. The van der Waals surface area contributed by atoms with E-state index in [4.69, 9.17) is 4.74 Å². The van der Waals surface area contributed by atoms with Crippen LogP contribution in [0.2, 0.25) is 0 Å². The Morgan fingerprint density at radius 3 is 2.17 bits per heavy atom. The van der Waals surface area contributed by atoms with E-state index in [1.54, 1.807) is 9.80 Å². The lowest BCUT2D eigenvalue weighted by molar-refractivity contribution is -0.138. The van der Waals surface area contributed by atoms with Gasteiger partial charge in [-0.1, -0.05) is 0 Å². The van der Waals surface area contributed by atoms with Crippen molar-refractivity contribution in [3.05, 3.63) is 18.0 Å². The Kier molecular flexibility index (Phi) is 3.84. The second kappa shape index (κ2) is 5.49. The molecule has 9 heteroatoms. The van der Waals surface area contributed by atoms with Crippen LogP contribution in [0.4, 0.5) is 23.9 Å². The van der Waals surface area contributed by atoms with Crippen molar-refractivity contribution in [2.24, 2.45) is 0 Å². The predicted octanol–water partition coefficient (Wildman–Crippen LogP) is 2.69. The highest BCUT2D eigenvalue weighted by Gasteiger charge is 2.49. The van der Waals surface area contributed by atoms with Gasteiger partial charge in [0.2, 0.25) is 5.95 Å². The van der Waals surface area contributed by atoms with Gasteiger partial charge in [0.15, 0.2) is 0 Å². The molecule has 24 heavy (non-hydrogen) atoms. The average Bonchev–Trinajstić information content (AvgIpc) is 2.44. The molecule has 1 amide bonds. The van der Waals surface area contributed by atoms with E-state index >= 15 is 0 Å². The SMILES string of the molecule is CC(C)(C)OC(=O)N1C2CC1CN(c1ncc(C(F)(F)F)cn1)C2. The molecule has 4 heterocycles. The van der Waals surface area contributed by atoms with Crippen LogP contribution in [0.5, 0.6) is 0 Å². The molecule has 0 aromatic carbocycles. The lowest BCUT2D eigenvalue weighted by atomic mass is 9.88. The van der Waals surface area contributed by atoms with Crippen molar-refractivity contribution in [3.63, 3.8) is 0 Å². The third kappa shape index (κ3) is 3.25. The Morgan fingerprint density at radius 2 is 1.71 bits per heavy atom. The van der Waals surface area contributed by atoms with Crippen LogP contribution < -0.4 is 4.90 Å². The summed E-state index contributed by atoms with van der Waals surface area (Å²) in [5.41, 5.74) is -1.43. The van der Waals surface area contributed by atoms with Crippen LogP contribution in [0.3, 0.4) is 0 Å². The molecule has 1 aromatic heterocycles. The number of aromatic nitrogens is 2. The largest absolute Gasteiger partial charge is 0.444 e. The smallest absolute Gasteiger partial charge is 0.419 e. The van der Waals surface area contributed by atoms with Crippen LogP contribution >= 0.6 is 0 Å². The summed E-state index contributed by atoms with van der Waals surface area (Å²) in [5, 5.41) is 0. The van der Waals surface area contributed by atoms with Crippen LogP contribution in [0.1, 0.15) is 32.8 Å². The van der Waals surface area contributed by atoms with Crippen molar-refractivity contribution in [3.8, 4) is 0 Å². The highest BCUT2D eigenvalue weighted by molar-refractivity contribution is 5.71. The summed E-state index contributed by atoms with van der Waals surface area (Å²) < 4.78 is 43.0. The summed E-state index contributed by atoms with van der Waals surface area (Å²) in [7, 11) is 0. The first kappa shape index (κ1) is 16.8. The minimum atomic E-state index is -4.45. The van der Waals surface area contributed by atoms with Gasteiger partial charge in [-0.15, -0.1) is 0 Å². The van der Waals surface area contributed by atoms with Crippen LogP contribution in [0.25, 0.3) is 0 Å². The lowest BCUT2D eigenvalue weighted by Crippen LogP contribution is -2.70. The van der Waals surface area contributed by atoms with Crippen LogP contribution in [0.15, 0.2) is 12.4 Å². The minimum Gasteiger partial charge on any atom is -0.444 e. The zero-order chi connectivity index (χ0) is 17.7. The molecule has 2 unspecified atom stereocenters. The molecule has 2 bridgehead atoms. The fourth-order valence-electron chi connectivity index (χ4n) is 3.02. The summed E-state index contributed by atoms with van der Waals surface area (Å²) in [6.45, 7) is 6.40. The van der Waals surface area contributed by atoms with E-state index in [1.807, 2.05) is 20.8 Å². The molecule has 6 nitrogen and oxygen atoms in total. The van der Waals surface area contributed by atoms with Gasteiger partial charge in [-0.3, -0.25) is 4.90 Å². The molecular weight excluding hydrogens is 325 g/mol. The number of amides is 1. The normalized spacial score (nSPS) is 23.8. The van der Waals surface area contributed by atoms with E-state index in [9.17, 15) is 18.0 Å². The Labute approximate surface area is 137 Å². The Hall–Kier alpha value is -2.06. The number of fused-ring (bicyclic) bond motifs is 2. The number of carbonyl (C=O) groups excluding carboxylic acids is 1. The van der Waals surface area contributed by atoms with Gasteiger partial charge in [0.25, 0.3) is 0 Å². The van der Waals surface area contributed by atoms with Crippen molar-refractivity contribution in [1.29, 1.82) is 0 Å². The topological polar surface area (TPSA) is 58.6 Å². The Bertz CT molecular complexity index is 615. The van der Waals surface area contributed by atoms with Gasteiger partial charge in [-0.2, -0.15) is 13.2 Å². The predicted molar refractivity (Wildman–Crippen MR) is 79.5 cm³/mol. The van der Waals surface area contributed by atoms with E-state index in [0.29, 0.717) is 13.1 Å². The number of rotatable bonds is 1. The van der Waals surface area contributed by atoms with Crippen molar-refractivity contribution >= 4 is 12.0 Å². The average molecular weight is 344 g/mol. The second-order valence-corrected chi connectivity index (χ2v) is 7.11. The van der Waals surface area contributed by atoms with E-state index in [1.165, 1.54) is 0 Å². The summed E-state index contributed by atoms with van der Waals surface area (Å²) >= 11 is 0. The van der Waals surface area contributed by atoms with Crippen molar-refractivity contribution < 1.29 is 22.7 Å². The first-order valence-electron chi connectivity index (χ1n) is 7.70. The molecular formula is C15H19F3N4O2. The molecule has 3 aliphatic rings. The summed E-state index contributed by atoms with van der Waals surface area (Å²) in [6.07, 6.45) is -2.37. The molecule has 0 radical (unpaired) electrons. The molecule has 0 saturated carbocycles. The van der Waals surface area contributed by atoms with Crippen LogP contribution in [-0.4, -0.2) is 51.7 Å². The Morgan fingerprint density at radius 1 is 1.17 bits per heavy atom. The molecule has 4 rings (SSSR count). The number of anilines is 1. The van der Waals surface area contributed by atoms with Gasteiger partial charge >= 0.3 is 12.3 Å². The summed E-state index contributed by atoms with van der Waals surface area (Å²) in [4.78, 5) is 23.3. The number of hydrogen-bond acceptors (Lipinski definition) is 5. The molecule has 0 spiro atoms. The summed E-state index contributed by atoms with van der Waals surface area (Å²) in [5.74, 6) is 0.251. The molecule has 3 aliphatic heterocycles. The van der Waals surface area contributed by atoms with Gasteiger partial charge < -0.3 is 9.64 Å². The third-order valence-electron chi connectivity index (χ3n) is 4.05. The van der Waals surface area contributed by atoms with Gasteiger partial charge in [0, 0.05) is 25.5 Å². The number of piperidine rings is 1. The first-order valence-corrected chi connectivity index (χ1v) is 7.70. The lowest BCUT2D eigenvalue weighted by Gasteiger charge is -2.55. The van der Waals surface area contributed by atoms with Gasteiger partial charge in [0.1, 0.15) is 5.60 Å². The van der Waals surface area contributed by atoms with E-state index in [2.05, 4.69) is 9.97 Å². The van der Waals surface area contributed by atoms with Gasteiger partial charge in [-0.05, 0) is 27.2 Å². The fraction of sp³-hybridized carbons (Fsp3) is 0.667. The van der Waals surface area contributed by atoms with E-state index < -0.39 is 17.3 Å². The minimum absolute atomic E-state index is 0.0236. The number of ether oxygens (including phenoxy) is 1. The van der Waals surface area contributed by atoms with Gasteiger partial charge in [-0.25, -0.2) is 14.8 Å². The second-order valence-electron chi connectivity index (χ2n) is 7.11. The zero-order valence-corrected chi connectivity index (χ0v) is 13.7. The molecule has 0 N–H and O–H groups in total. The molecule has 132 valence electrons. The quantitative estimate of drug-likeness (QED) is 0.784. The number of piperazine rings is 1. The molecule has 2 atom stereocenters. The highest BCUT2D eigenvalue weighted by Crippen LogP contribution is 2.35. The monoisotopic (exact) mass is 344 g/mol. The molecule has 0 aliphatic carbocycles. The first-order chi connectivity index (χ1) is 11.0. The van der Waals surface area contributed by atoms with Crippen molar-refractivity contribution in [2.45, 2.75) is 51.1 Å². The number of carbonyl (C=O) groups is 1. The number of hydrogen-bond donors (Lipinski definition) is 0. The summed E-state index contributed by atoms with van der Waals surface area (Å²) in [6, 6.07) is -0.0472. The van der Waals surface area contributed by atoms with Crippen molar-refractivity contribution in [1.82, 2.24) is 14.9 Å². The van der Waals surface area contributed by atoms with Crippen LogP contribution in [-0.2, 0) is 10.9 Å². The van der Waals surface area contributed by atoms with E-state index in [0.717, 1.165) is 18.8 Å². The number of nitrogens with zero attached hydrogens (tertiary/aromatic N) is 4. The molecule has 3 fully saturated rings. The number of alkyl halides is 3. The van der Waals surface area contributed by atoms with E-state index in [-0.39, 0.29) is 24.1 Å². The molecule has 1 aromatic rings. The van der Waals surface area contributed by atoms with Gasteiger partial charge in [0.05, 0.1) is 17.6 Å².